The monoisotopic (exact) mass is 820 g/mol. The van der Waals surface area contributed by atoms with Gasteiger partial charge in [-0.3, -0.25) is 23.9 Å². The molecular formula is C47H49FN10O3. The summed E-state index contributed by atoms with van der Waals surface area (Å²) in [4.78, 5) is 48.5. The van der Waals surface area contributed by atoms with E-state index in [0.717, 1.165) is 69.6 Å². The number of hydrogen-bond donors (Lipinski definition) is 7. The molecule has 5 aromatic heterocycles. The molecule has 2 fully saturated rings. The van der Waals surface area contributed by atoms with Gasteiger partial charge in [0.1, 0.15) is 17.0 Å². The maximum absolute atomic E-state index is 14.1. The fourth-order valence-electron chi connectivity index (χ4n) is 8.03. The Kier molecular flexibility index (Phi) is 11.4. The van der Waals surface area contributed by atoms with Crippen LogP contribution in [0.3, 0.4) is 0 Å². The van der Waals surface area contributed by atoms with Crippen molar-refractivity contribution in [2.24, 2.45) is 5.92 Å². The summed E-state index contributed by atoms with van der Waals surface area (Å²) in [7, 11) is 0. The summed E-state index contributed by atoms with van der Waals surface area (Å²) in [6.45, 7) is 3.72. The van der Waals surface area contributed by atoms with E-state index in [9.17, 15) is 18.8 Å². The van der Waals surface area contributed by atoms with E-state index in [1.165, 1.54) is 40.8 Å². The number of benzene rings is 3. The third kappa shape index (κ3) is 9.25. The summed E-state index contributed by atoms with van der Waals surface area (Å²) in [5.74, 6) is 0.369. The first-order valence-corrected chi connectivity index (χ1v) is 21.0. The van der Waals surface area contributed by atoms with Gasteiger partial charge in [-0.1, -0.05) is 42.8 Å². The van der Waals surface area contributed by atoms with Crippen LogP contribution in [0.1, 0.15) is 81.9 Å². The number of aromatic nitrogens is 6. The molecule has 0 aliphatic heterocycles. The molecule has 13 nitrogen and oxygen atoms in total. The SMILES string of the molecule is O=C(NCc1ccc2cc(CNCC3(F)CCC3)[nH]c2c1)c1cc(=O)n2ccccc2n1.O=C(NCc1ccc2cc(CNCC3CCC3)[nH]c2c1)c1cccc2[nH]ncc12. The topological polar surface area (TPSA) is 177 Å². The van der Waals surface area contributed by atoms with Crippen LogP contribution in [0, 0.1) is 5.92 Å². The number of halogens is 1. The van der Waals surface area contributed by atoms with Crippen molar-refractivity contribution in [2.75, 3.05) is 13.1 Å². The number of carbonyl (C=O) groups is 2. The van der Waals surface area contributed by atoms with Gasteiger partial charge in [0.05, 0.1) is 17.3 Å². The van der Waals surface area contributed by atoms with Gasteiger partial charge in [-0.15, -0.1) is 0 Å². The van der Waals surface area contributed by atoms with E-state index in [2.05, 4.69) is 70.7 Å². The van der Waals surface area contributed by atoms with Crippen LogP contribution >= 0.6 is 0 Å². The summed E-state index contributed by atoms with van der Waals surface area (Å²) in [5.41, 5.74) is 6.92. The second-order valence-corrected chi connectivity index (χ2v) is 16.4. The second-order valence-electron chi connectivity index (χ2n) is 16.4. The first kappa shape index (κ1) is 39.8. The predicted octanol–water partition coefficient (Wildman–Crippen LogP) is 6.95. The standard InChI is InChI=1S/C24H24FN5O2.C23H25N5O/c25-24(7-3-8-24)15-26-14-18-11-17-6-5-16(10-19(17)28-18)13-27-23(32)20-12-22(31)30-9-2-1-4-21(30)29-20;29-23(19-5-2-6-21-20(19)14-26-28-21)25-12-16-7-8-17-10-18(27-22(17)9-16)13-24-11-15-3-1-4-15/h1-2,4-6,9-12,26,28H,3,7-8,13-15H2,(H,27,32);2,5-10,14-15,24,27H,1,3-4,11-13H2,(H,25,29)(H,26,28). The van der Waals surface area contributed by atoms with Crippen molar-refractivity contribution >= 4 is 50.2 Å². The minimum Gasteiger partial charge on any atom is -0.357 e. The highest BCUT2D eigenvalue weighted by Crippen LogP contribution is 2.35. The molecule has 312 valence electrons. The van der Waals surface area contributed by atoms with E-state index in [1.54, 1.807) is 30.6 Å². The normalized spacial score (nSPS) is 14.7. The zero-order chi connectivity index (χ0) is 41.8. The van der Waals surface area contributed by atoms with Crippen molar-refractivity contribution in [2.45, 2.75) is 70.4 Å². The molecule has 0 bridgehead atoms. The van der Waals surface area contributed by atoms with E-state index in [4.69, 9.17) is 0 Å². The Morgan fingerprint density at radius 3 is 2.13 bits per heavy atom. The van der Waals surface area contributed by atoms with Gasteiger partial charge >= 0.3 is 0 Å². The molecule has 0 unspecified atom stereocenters. The van der Waals surface area contributed by atoms with E-state index < -0.39 is 11.6 Å². The van der Waals surface area contributed by atoms with E-state index in [-0.39, 0.29) is 17.2 Å². The number of amides is 2. The molecule has 8 aromatic rings. The number of H-pyrrole nitrogens is 3. The highest BCUT2D eigenvalue weighted by molar-refractivity contribution is 6.06. The Hall–Kier alpha value is -6.64. The predicted molar refractivity (Wildman–Crippen MR) is 235 cm³/mol. The van der Waals surface area contributed by atoms with Gasteiger partial charge < -0.3 is 31.2 Å². The number of carbonyl (C=O) groups excluding carboxylic acids is 2. The zero-order valence-electron chi connectivity index (χ0n) is 33.8. The fraction of sp³-hybridized carbons (Fsp3) is 0.298. The molecule has 5 heterocycles. The third-order valence-corrected chi connectivity index (χ3v) is 11.9. The van der Waals surface area contributed by atoms with E-state index in [0.29, 0.717) is 50.2 Å². The Morgan fingerprint density at radius 2 is 1.46 bits per heavy atom. The number of alkyl halides is 1. The average Bonchev–Trinajstić information content (AvgIpc) is 4.00. The largest absolute Gasteiger partial charge is 0.357 e. The minimum absolute atomic E-state index is 0.0904. The van der Waals surface area contributed by atoms with Gasteiger partial charge in [-0.05, 0) is 115 Å². The van der Waals surface area contributed by atoms with Crippen molar-refractivity contribution < 1.29 is 14.0 Å². The number of nitrogens with zero attached hydrogens (tertiary/aromatic N) is 3. The number of aromatic amines is 3. The molecule has 10 rings (SSSR count). The van der Waals surface area contributed by atoms with Crippen LogP contribution in [-0.4, -0.2) is 60.1 Å². The average molecular weight is 821 g/mol. The number of hydrogen-bond acceptors (Lipinski definition) is 7. The van der Waals surface area contributed by atoms with E-state index >= 15 is 0 Å². The highest BCUT2D eigenvalue weighted by atomic mass is 19.1. The minimum atomic E-state index is -1.04. The van der Waals surface area contributed by atoms with Crippen molar-refractivity contribution in [1.29, 1.82) is 0 Å². The molecular weight excluding hydrogens is 772 g/mol. The van der Waals surface area contributed by atoms with Crippen molar-refractivity contribution in [3.63, 3.8) is 0 Å². The van der Waals surface area contributed by atoms with Gasteiger partial charge in [0, 0.05) is 72.8 Å². The molecule has 0 radical (unpaired) electrons. The quantitative estimate of drug-likeness (QED) is 0.0621. The van der Waals surface area contributed by atoms with Crippen LogP contribution < -0.4 is 26.8 Å². The molecule has 2 amide bonds. The molecule has 3 aromatic carbocycles. The fourth-order valence-corrected chi connectivity index (χ4v) is 8.03. The number of rotatable bonds is 14. The van der Waals surface area contributed by atoms with Crippen LogP contribution in [0.4, 0.5) is 4.39 Å². The van der Waals surface area contributed by atoms with E-state index in [1.807, 2.05) is 42.5 Å². The molecule has 0 spiro atoms. The smallest absolute Gasteiger partial charge is 0.270 e. The molecule has 61 heavy (non-hydrogen) atoms. The van der Waals surface area contributed by atoms with Crippen LogP contribution in [-0.2, 0) is 26.2 Å². The molecule has 7 N–H and O–H groups in total. The lowest BCUT2D eigenvalue weighted by atomic mass is 9.82. The van der Waals surface area contributed by atoms with Gasteiger partial charge in [0.15, 0.2) is 0 Å². The van der Waals surface area contributed by atoms with Crippen molar-refractivity contribution in [3.8, 4) is 0 Å². The Balaban J connectivity index is 0.000000157. The first-order chi connectivity index (χ1) is 29.7. The lowest BCUT2D eigenvalue weighted by Gasteiger charge is -2.33. The summed E-state index contributed by atoms with van der Waals surface area (Å²) >= 11 is 0. The Bertz CT molecular complexity index is 2900. The van der Waals surface area contributed by atoms with Gasteiger partial charge in [-0.25, -0.2) is 9.37 Å². The Morgan fingerprint density at radius 1 is 0.754 bits per heavy atom. The third-order valence-electron chi connectivity index (χ3n) is 11.9. The maximum atomic E-state index is 14.1. The van der Waals surface area contributed by atoms with Crippen LogP contribution in [0.2, 0.25) is 0 Å². The summed E-state index contributed by atoms with van der Waals surface area (Å²) in [5, 5.41) is 22.6. The van der Waals surface area contributed by atoms with Crippen molar-refractivity contribution in [3.05, 3.63) is 148 Å². The van der Waals surface area contributed by atoms with Crippen molar-refractivity contribution in [1.82, 2.24) is 50.8 Å². The number of nitrogens with one attached hydrogen (secondary N) is 7. The molecule has 14 heteroatoms. The second kappa shape index (κ2) is 17.5. The van der Waals surface area contributed by atoms with Gasteiger partial charge in [0.2, 0.25) is 0 Å². The van der Waals surface area contributed by atoms with Gasteiger partial charge in [-0.2, -0.15) is 5.10 Å². The summed E-state index contributed by atoms with van der Waals surface area (Å²) in [6.07, 6.45) is 9.68. The Labute approximate surface area is 350 Å². The first-order valence-electron chi connectivity index (χ1n) is 21.0. The molecule has 2 aliphatic rings. The lowest BCUT2D eigenvalue weighted by Crippen LogP contribution is -2.42. The van der Waals surface area contributed by atoms with Crippen LogP contribution in [0.15, 0.2) is 108 Å². The molecule has 0 atom stereocenters. The summed E-state index contributed by atoms with van der Waals surface area (Å²) < 4.78 is 15.5. The van der Waals surface area contributed by atoms with Crippen LogP contribution in [0.25, 0.3) is 38.4 Å². The number of fused-ring (bicyclic) bond motifs is 4. The van der Waals surface area contributed by atoms with Crippen LogP contribution in [0.5, 0.6) is 0 Å². The maximum Gasteiger partial charge on any atom is 0.270 e. The number of pyridine rings is 1. The molecule has 0 saturated heterocycles. The highest BCUT2D eigenvalue weighted by Gasteiger charge is 2.36. The summed E-state index contributed by atoms with van der Waals surface area (Å²) in [6, 6.07) is 28.5. The molecule has 2 saturated carbocycles. The van der Waals surface area contributed by atoms with Gasteiger partial charge in [0.25, 0.3) is 17.4 Å². The lowest BCUT2D eigenvalue weighted by molar-refractivity contribution is 0.0629. The zero-order valence-corrected chi connectivity index (χ0v) is 33.8. The molecule has 2 aliphatic carbocycles.